The summed E-state index contributed by atoms with van der Waals surface area (Å²) in [6.45, 7) is 8.90. The highest BCUT2D eigenvalue weighted by atomic mass is 15.1. The van der Waals surface area contributed by atoms with E-state index in [9.17, 15) is 5.26 Å². The molecule has 8 aromatic rings. The molecule has 5 aromatic carbocycles. The molecule has 3 heterocycles. The number of para-hydroxylation sites is 2. The minimum atomic E-state index is 0.403. The summed E-state index contributed by atoms with van der Waals surface area (Å²) in [7, 11) is 0. The molecule has 4 heteroatoms. The lowest BCUT2D eigenvalue weighted by atomic mass is 9.95. The Morgan fingerprint density at radius 3 is 1.75 bits per heavy atom. The number of hydrogen-bond donors (Lipinski definition) is 0. The molecule has 48 heavy (non-hydrogen) atoms. The lowest BCUT2D eigenvalue weighted by Gasteiger charge is -2.18. The van der Waals surface area contributed by atoms with Gasteiger partial charge in [0.25, 0.3) is 0 Å². The zero-order valence-electron chi connectivity index (χ0n) is 27.5. The van der Waals surface area contributed by atoms with Gasteiger partial charge in [0.1, 0.15) is 11.9 Å². The Morgan fingerprint density at radius 1 is 0.604 bits per heavy atom. The number of pyridine rings is 1. The molecule has 4 nitrogen and oxygen atoms in total. The number of nitriles is 1. The summed E-state index contributed by atoms with van der Waals surface area (Å²) in [5, 5.41) is 15.2. The van der Waals surface area contributed by atoms with Crippen molar-refractivity contribution in [2.24, 2.45) is 0 Å². The third-order valence-electron chi connectivity index (χ3n) is 9.69. The number of fused-ring (bicyclic) bond motifs is 6. The fourth-order valence-corrected chi connectivity index (χ4v) is 7.18. The van der Waals surface area contributed by atoms with Crippen LogP contribution in [0.1, 0.15) is 61.8 Å². The van der Waals surface area contributed by atoms with Crippen molar-refractivity contribution in [2.75, 3.05) is 0 Å². The van der Waals surface area contributed by atoms with Crippen molar-refractivity contribution in [3.8, 4) is 41.0 Å². The lowest BCUT2D eigenvalue weighted by molar-refractivity contribution is 0.868. The molecule has 0 spiro atoms. The largest absolute Gasteiger partial charge is 0.307 e. The standard InChI is InChI=1S/C44H34N4/c1-6-29-12-11-15-32(38(29)25-45)37-24-44(48-40-17-10-8-14-34(40)36-23-31(28(4)5)19-21-42(36)48)46-26-43(37)47-39-16-9-7-13-33(39)35-22-30(27(2)3)18-20-41(35)47/h1,7-24,26-28H,2-5H3. The molecule has 0 fully saturated rings. The van der Waals surface area contributed by atoms with Crippen LogP contribution in [0.25, 0.3) is 66.2 Å². The van der Waals surface area contributed by atoms with Crippen molar-refractivity contribution in [3.63, 3.8) is 0 Å². The second-order valence-electron chi connectivity index (χ2n) is 13.1. The third kappa shape index (κ3) is 4.42. The van der Waals surface area contributed by atoms with Crippen LogP contribution in [0.15, 0.2) is 115 Å². The van der Waals surface area contributed by atoms with Crippen LogP contribution in [0.4, 0.5) is 0 Å². The van der Waals surface area contributed by atoms with Crippen LogP contribution in [0.5, 0.6) is 0 Å². The number of terminal acetylenes is 1. The van der Waals surface area contributed by atoms with E-state index in [0.717, 1.165) is 44.7 Å². The quantitative estimate of drug-likeness (QED) is 0.180. The molecule has 0 saturated carbocycles. The number of rotatable bonds is 5. The summed E-state index contributed by atoms with van der Waals surface area (Å²) in [6, 6.07) is 40.8. The molecule has 0 aliphatic heterocycles. The number of aromatic nitrogens is 3. The summed E-state index contributed by atoms with van der Waals surface area (Å²) in [4.78, 5) is 5.20. The van der Waals surface area contributed by atoms with Crippen LogP contribution in [0.2, 0.25) is 0 Å². The van der Waals surface area contributed by atoms with Gasteiger partial charge in [0.15, 0.2) is 0 Å². The van der Waals surface area contributed by atoms with Crippen LogP contribution in [0, 0.1) is 23.7 Å². The van der Waals surface area contributed by atoms with Crippen LogP contribution in [-0.4, -0.2) is 14.1 Å². The van der Waals surface area contributed by atoms with Crippen molar-refractivity contribution in [2.45, 2.75) is 39.5 Å². The maximum absolute atomic E-state index is 10.5. The van der Waals surface area contributed by atoms with E-state index < -0.39 is 0 Å². The zero-order chi connectivity index (χ0) is 33.1. The highest BCUT2D eigenvalue weighted by molar-refractivity contribution is 6.11. The smallest absolute Gasteiger partial charge is 0.138 e. The summed E-state index contributed by atoms with van der Waals surface area (Å²) >= 11 is 0. The van der Waals surface area contributed by atoms with E-state index in [0.29, 0.717) is 23.0 Å². The Labute approximate surface area is 280 Å². The SMILES string of the molecule is C#Cc1cccc(-c2cc(-n3c4ccccc4c4cc(C(C)C)ccc43)ncc2-n2c3ccccc3c3cc(C(C)C)ccc32)c1C#N. The Kier molecular flexibility index (Phi) is 6.90. The molecule has 0 aliphatic rings. The van der Waals surface area contributed by atoms with Crippen LogP contribution < -0.4 is 0 Å². The first kappa shape index (κ1) is 29.3. The Bertz CT molecular complexity index is 2650. The third-order valence-corrected chi connectivity index (χ3v) is 9.69. The molecule has 0 bridgehead atoms. The van der Waals surface area contributed by atoms with Gasteiger partial charge in [-0.2, -0.15) is 5.26 Å². The molecular weight excluding hydrogens is 585 g/mol. The predicted molar refractivity (Wildman–Crippen MR) is 199 cm³/mol. The highest BCUT2D eigenvalue weighted by Crippen LogP contribution is 2.40. The van der Waals surface area contributed by atoms with Crippen LogP contribution in [0.3, 0.4) is 0 Å². The van der Waals surface area contributed by atoms with Gasteiger partial charge in [0.05, 0.1) is 39.5 Å². The average molecular weight is 619 g/mol. The first-order valence-electron chi connectivity index (χ1n) is 16.5. The fourth-order valence-electron chi connectivity index (χ4n) is 7.18. The summed E-state index contributed by atoms with van der Waals surface area (Å²) in [5.74, 6) is 4.33. The monoisotopic (exact) mass is 618 g/mol. The van der Waals surface area contributed by atoms with Gasteiger partial charge in [-0.1, -0.05) is 94.3 Å². The van der Waals surface area contributed by atoms with Gasteiger partial charge in [-0.05, 0) is 71.5 Å². The van der Waals surface area contributed by atoms with E-state index in [1.807, 2.05) is 24.4 Å². The van der Waals surface area contributed by atoms with E-state index in [-0.39, 0.29) is 0 Å². The molecule has 0 atom stereocenters. The molecule has 0 saturated heterocycles. The predicted octanol–water partition coefficient (Wildman–Crippen LogP) is 11.0. The number of benzene rings is 5. The van der Waals surface area contributed by atoms with Gasteiger partial charge >= 0.3 is 0 Å². The Balaban J connectivity index is 1.49. The minimum absolute atomic E-state index is 0.403. The number of nitrogens with zero attached hydrogens (tertiary/aromatic N) is 4. The molecule has 0 amide bonds. The van der Waals surface area contributed by atoms with Crippen molar-refractivity contribution < 1.29 is 0 Å². The van der Waals surface area contributed by atoms with Gasteiger partial charge < -0.3 is 4.57 Å². The molecular formula is C44H34N4. The number of hydrogen-bond acceptors (Lipinski definition) is 2. The van der Waals surface area contributed by atoms with Gasteiger partial charge in [-0.3, -0.25) is 4.57 Å². The van der Waals surface area contributed by atoms with Crippen molar-refractivity contribution in [1.82, 2.24) is 14.1 Å². The highest BCUT2D eigenvalue weighted by Gasteiger charge is 2.22. The average Bonchev–Trinajstić information content (AvgIpc) is 3.63. The van der Waals surface area contributed by atoms with Crippen molar-refractivity contribution in [1.29, 1.82) is 5.26 Å². The maximum Gasteiger partial charge on any atom is 0.138 e. The molecule has 0 unspecified atom stereocenters. The summed E-state index contributed by atoms with van der Waals surface area (Å²) in [5.41, 5.74) is 10.5. The molecule has 0 aliphatic carbocycles. The summed E-state index contributed by atoms with van der Waals surface area (Å²) < 4.78 is 4.52. The fraction of sp³-hybridized carbons (Fsp3) is 0.136. The summed E-state index contributed by atoms with van der Waals surface area (Å²) in [6.07, 6.45) is 7.89. The zero-order valence-corrected chi connectivity index (χ0v) is 27.5. The van der Waals surface area contributed by atoms with Gasteiger partial charge in [0, 0.05) is 38.2 Å². The van der Waals surface area contributed by atoms with Gasteiger partial charge in [0.2, 0.25) is 0 Å². The molecule has 0 radical (unpaired) electrons. The van der Waals surface area contributed by atoms with E-state index in [4.69, 9.17) is 11.4 Å². The molecule has 3 aromatic heterocycles. The van der Waals surface area contributed by atoms with E-state index in [1.165, 1.54) is 32.7 Å². The van der Waals surface area contributed by atoms with E-state index >= 15 is 0 Å². The van der Waals surface area contributed by atoms with Crippen molar-refractivity contribution in [3.05, 3.63) is 138 Å². The lowest BCUT2D eigenvalue weighted by Crippen LogP contribution is -2.04. The van der Waals surface area contributed by atoms with Gasteiger partial charge in [-0.15, -0.1) is 6.42 Å². The van der Waals surface area contributed by atoms with E-state index in [2.05, 4.69) is 140 Å². The molecule has 230 valence electrons. The Morgan fingerprint density at radius 2 is 1.17 bits per heavy atom. The maximum atomic E-state index is 10.5. The second-order valence-corrected chi connectivity index (χ2v) is 13.1. The minimum Gasteiger partial charge on any atom is -0.307 e. The van der Waals surface area contributed by atoms with Gasteiger partial charge in [-0.25, -0.2) is 4.98 Å². The normalized spacial score (nSPS) is 11.7. The first-order chi connectivity index (χ1) is 23.4. The van der Waals surface area contributed by atoms with Crippen LogP contribution >= 0.6 is 0 Å². The van der Waals surface area contributed by atoms with Crippen LogP contribution in [-0.2, 0) is 0 Å². The molecule has 8 rings (SSSR count). The van der Waals surface area contributed by atoms with Crippen molar-refractivity contribution >= 4 is 43.6 Å². The topological polar surface area (TPSA) is 46.5 Å². The Hall–Kier alpha value is -6.10. The molecule has 0 N–H and O–H groups in total. The first-order valence-corrected chi connectivity index (χ1v) is 16.5. The second kappa shape index (κ2) is 11.3. The van der Waals surface area contributed by atoms with E-state index in [1.54, 1.807) is 0 Å².